The van der Waals surface area contributed by atoms with Crippen LogP contribution in [0.25, 0.3) is 0 Å². The number of carbonyl (C=O) groups is 1. The first kappa shape index (κ1) is 17.7. The van der Waals surface area contributed by atoms with Crippen molar-refractivity contribution >= 4 is 51.0 Å². The van der Waals surface area contributed by atoms with Crippen LogP contribution in [-0.2, 0) is 12.8 Å². The van der Waals surface area contributed by atoms with Crippen LogP contribution in [0.3, 0.4) is 0 Å². The lowest BCUT2D eigenvalue weighted by Gasteiger charge is -2.12. The van der Waals surface area contributed by atoms with E-state index < -0.39 is 0 Å². The number of benzene rings is 2. The lowest BCUT2D eigenvalue weighted by molar-refractivity contribution is 0.102. The van der Waals surface area contributed by atoms with E-state index in [1.807, 2.05) is 60.7 Å². The molecule has 0 fully saturated rings. The van der Waals surface area contributed by atoms with Crippen molar-refractivity contribution in [1.82, 2.24) is 0 Å². The van der Waals surface area contributed by atoms with Gasteiger partial charge in [-0.1, -0.05) is 36.4 Å². The minimum atomic E-state index is -0.0920. The standard InChI is InChI=1S/C21H19N3OS2/c25-19(22-14-8-3-1-4-9-14)18-16-12-7-13-17(16)27-20(18)24-21(26)23-15-10-5-2-6-11-15/h1-6,8-11H,7,12-13H2,(H,22,25)(H2,23,24,26). The number of carbonyl (C=O) groups excluding carboxylic acids is 1. The molecular weight excluding hydrogens is 374 g/mol. The maximum absolute atomic E-state index is 13.0. The molecular formula is C21H19N3OS2. The van der Waals surface area contributed by atoms with Gasteiger partial charge in [-0.3, -0.25) is 4.79 Å². The van der Waals surface area contributed by atoms with Crippen LogP contribution in [0.1, 0.15) is 27.2 Å². The van der Waals surface area contributed by atoms with Gasteiger partial charge in [0.15, 0.2) is 5.11 Å². The third kappa shape index (κ3) is 4.02. The fourth-order valence-corrected chi connectivity index (χ4v) is 4.81. The van der Waals surface area contributed by atoms with Crippen LogP contribution in [0.5, 0.6) is 0 Å². The van der Waals surface area contributed by atoms with Crippen LogP contribution >= 0.6 is 23.6 Å². The number of nitrogens with one attached hydrogen (secondary N) is 3. The number of hydrogen-bond acceptors (Lipinski definition) is 3. The van der Waals surface area contributed by atoms with E-state index in [0.717, 1.165) is 41.2 Å². The van der Waals surface area contributed by atoms with Crippen molar-refractivity contribution in [2.45, 2.75) is 19.3 Å². The lowest BCUT2D eigenvalue weighted by Crippen LogP contribution is -2.21. The summed E-state index contributed by atoms with van der Waals surface area (Å²) in [4.78, 5) is 14.3. The van der Waals surface area contributed by atoms with E-state index in [-0.39, 0.29) is 5.91 Å². The first-order chi connectivity index (χ1) is 13.2. The third-order valence-electron chi connectivity index (χ3n) is 4.44. The highest BCUT2D eigenvalue weighted by Gasteiger charge is 2.27. The van der Waals surface area contributed by atoms with E-state index in [0.29, 0.717) is 10.7 Å². The molecule has 0 atom stereocenters. The number of thiophene rings is 1. The molecule has 6 heteroatoms. The number of amides is 1. The fraction of sp³-hybridized carbons (Fsp3) is 0.143. The Morgan fingerprint density at radius 2 is 1.48 bits per heavy atom. The van der Waals surface area contributed by atoms with E-state index in [2.05, 4.69) is 16.0 Å². The van der Waals surface area contributed by atoms with E-state index in [9.17, 15) is 4.79 Å². The van der Waals surface area contributed by atoms with E-state index >= 15 is 0 Å². The average molecular weight is 394 g/mol. The molecule has 0 bridgehead atoms. The maximum atomic E-state index is 13.0. The van der Waals surface area contributed by atoms with Gasteiger partial charge in [-0.05, 0) is 61.3 Å². The Hall–Kier alpha value is -2.70. The molecule has 4 nitrogen and oxygen atoms in total. The number of para-hydroxylation sites is 2. The van der Waals surface area contributed by atoms with Crippen LogP contribution in [0.15, 0.2) is 60.7 Å². The van der Waals surface area contributed by atoms with Crippen molar-refractivity contribution in [2.75, 3.05) is 16.0 Å². The van der Waals surface area contributed by atoms with Crippen molar-refractivity contribution in [3.63, 3.8) is 0 Å². The number of fused-ring (bicyclic) bond motifs is 1. The minimum Gasteiger partial charge on any atom is -0.332 e. The molecule has 136 valence electrons. The molecule has 2 aromatic carbocycles. The Morgan fingerprint density at radius 1 is 0.852 bits per heavy atom. The van der Waals surface area contributed by atoms with Crippen molar-refractivity contribution in [2.24, 2.45) is 0 Å². The Bertz CT molecular complexity index is 968. The van der Waals surface area contributed by atoms with E-state index in [1.54, 1.807) is 11.3 Å². The minimum absolute atomic E-state index is 0.0920. The molecule has 0 saturated heterocycles. The highest BCUT2D eigenvalue weighted by Crippen LogP contribution is 2.39. The second-order valence-electron chi connectivity index (χ2n) is 6.33. The smallest absolute Gasteiger partial charge is 0.258 e. The van der Waals surface area contributed by atoms with Gasteiger partial charge in [-0.15, -0.1) is 11.3 Å². The van der Waals surface area contributed by atoms with Crippen LogP contribution in [0.4, 0.5) is 16.4 Å². The monoisotopic (exact) mass is 393 g/mol. The molecule has 0 spiro atoms. The molecule has 1 aliphatic rings. The van der Waals surface area contributed by atoms with Crippen LogP contribution in [0, 0.1) is 0 Å². The number of aryl methyl sites for hydroxylation is 1. The third-order valence-corrected chi connectivity index (χ3v) is 5.85. The van der Waals surface area contributed by atoms with Gasteiger partial charge in [0.1, 0.15) is 5.00 Å². The van der Waals surface area contributed by atoms with Gasteiger partial charge in [-0.2, -0.15) is 0 Å². The first-order valence-electron chi connectivity index (χ1n) is 8.84. The van der Waals surface area contributed by atoms with Crippen molar-refractivity contribution in [3.8, 4) is 0 Å². The fourth-order valence-electron chi connectivity index (χ4n) is 3.23. The molecule has 1 amide bonds. The summed E-state index contributed by atoms with van der Waals surface area (Å²) in [5, 5.41) is 10.7. The van der Waals surface area contributed by atoms with Gasteiger partial charge >= 0.3 is 0 Å². The Kier molecular flexibility index (Phi) is 5.18. The van der Waals surface area contributed by atoms with Crippen molar-refractivity contribution in [3.05, 3.63) is 76.7 Å². The van der Waals surface area contributed by atoms with Gasteiger partial charge in [0, 0.05) is 16.3 Å². The molecule has 4 rings (SSSR count). The summed E-state index contributed by atoms with van der Waals surface area (Å²) in [6.45, 7) is 0. The highest BCUT2D eigenvalue weighted by atomic mass is 32.1. The van der Waals surface area contributed by atoms with Crippen molar-refractivity contribution in [1.29, 1.82) is 0 Å². The van der Waals surface area contributed by atoms with Gasteiger partial charge in [-0.25, -0.2) is 0 Å². The molecule has 1 heterocycles. The quantitative estimate of drug-likeness (QED) is 0.527. The van der Waals surface area contributed by atoms with Crippen LogP contribution < -0.4 is 16.0 Å². The van der Waals surface area contributed by atoms with Gasteiger partial charge in [0.25, 0.3) is 5.91 Å². The van der Waals surface area contributed by atoms with Gasteiger partial charge < -0.3 is 16.0 Å². The van der Waals surface area contributed by atoms with Gasteiger partial charge in [0.2, 0.25) is 0 Å². The molecule has 27 heavy (non-hydrogen) atoms. The van der Waals surface area contributed by atoms with E-state index in [4.69, 9.17) is 12.2 Å². The largest absolute Gasteiger partial charge is 0.332 e. The molecule has 0 unspecified atom stereocenters. The predicted octanol–water partition coefficient (Wildman–Crippen LogP) is 5.30. The molecule has 0 saturated carbocycles. The summed E-state index contributed by atoms with van der Waals surface area (Å²) < 4.78 is 0. The number of thiocarbonyl (C=S) groups is 1. The van der Waals surface area contributed by atoms with Crippen molar-refractivity contribution < 1.29 is 4.79 Å². The second kappa shape index (κ2) is 7.90. The molecule has 0 aliphatic heterocycles. The van der Waals surface area contributed by atoms with Gasteiger partial charge in [0.05, 0.1) is 5.56 Å². The Morgan fingerprint density at radius 3 is 2.15 bits per heavy atom. The van der Waals surface area contributed by atoms with E-state index in [1.165, 1.54) is 4.88 Å². The zero-order valence-electron chi connectivity index (χ0n) is 14.6. The summed E-state index contributed by atoms with van der Waals surface area (Å²) in [5.74, 6) is -0.0920. The first-order valence-corrected chi connectivity index (χ1v) is 10.1. The molecule has 1 aliphatic carbocycles. The van der Waals surface area contributed by atoms with Crippen LogP contribution in [0.2, 0.25) is 0 Å². The predicted molar refractivity (Wildman–Crippen MR) is 117 cm³/mol. The molecule has 0 radical (unpaired) electrons. The zero-order chi connectivity index (χ0) is 18.6. The summed E-state index contributed by atoms with van der Waals surface area (Å²) in [7, 11) is 0. The number of rotatable bonds is 4. The SMILES string of the molecule is O=C(Nc1ccccc1)c1c(NC(=S)Nc2ccccc2)sc2c1CCC2. The summed E-state index contributed by atoms with van der Waals surface area (Å²) in [5.41, 5.74) is 3.57. The normalized spacial score (nSPS) is 12.3. The maximum Gasteiger partial charge on any atom is 0.258 e. The summed E-state index contributed by atoms with van der Waals surface area (Å²) >= 11 is 7.08. The summed E-state index contributed by atoms with van der Waals surface area (Å²) in [6.07, 6.45) is 3.05. The number of hydrogen-bond donors (Lipinski definition) is 3. The Balaban J connectivity index is 1.56. The molecule has 1 aromatic heterocycles. The zero-order valence-corrected chi connectivity index (χ0v) is 16.3. The van der Waals surface area contributed by atoms with Crippen LogP contribution in [-0.4, -0.2) is 11.0 Å². The number of anilines is 3. The Labute approximate surface area is 167 Å². The summed E-state index contributed by atoms with van der Waals surface area (Å²) in [6, 6.07) is 19.3. The average Bonchev–Trinajstić information content (AvgIpc) is 3.23. The molecule has 3 aromatic rings. The topological polar surface area (TPSA) is 53.2 Å². The lowest BCUT2D eigenvalue weighted by atomic mass is 10.1. The second-order valence-corrected chi connectivity index (χ2v) is 7.84. The molecule has 3 N–H and O–H groups in total. The highest BCUT2D eigenvalue weighted by molar-refractivity contribution is 7.80.